The van der Waals surface area contributed by atoms with Gasteiger partial charge >= 0.3 is 5.97 Å². The van der Waals surface area contributed by atoms with Crippen LogP contribution < -0.4 is 5.32 Å². The molecule has 3 atom stereocenters. The van der Waals surface area contributed by atoms with Crippen LogP contribution in [0.25, 0.3) is 16.8 Å². The summed E-state index contributed by atoms with van der Waals surface area (Å²) in [6.07, 6.45) is 3.24. The first-order valence-electron chi connectivity index (χ1n) is 17.6. The van der Waals surface area contributed by atoms with Gasteiger partial charge in [0.1, 0.15) is 0 Å². The van der Waals surface area contributed by atoms with Crippen molar-refractivity contribution in [3.8, 4) is 16.8 Å². The number of nitrogens with zero attached hydrogens (tertiary/aromatic N) is 4. The van der Waals surface area contributed by atoms with E-state index in [-0.39, 0.29) is 31.1 Å². The third-order valence-corrected chi connectivity index (χ3v) is 10.0. The Balaban J connectivity index is 1.12. The normalized spacial score (nSPS) is 17.1. The molecule has 4 aromatic carbocycles. The van der Waals surface area contributed by atoms with Crippen LogP contribution in [0.4, 0.5) is 0 Å². The van der Waals surface area contributed by atoms with Crippen molar-refractivity contribution in [3.63, 3.8) is 0 Å². The van der Waals surface area contributed by atoms with E-state index in [4.69, 9.17) is 14.6 Å². The van der Waals surface area contributed by atoms with Gasteiger partial charge in [-0.25, -0.2) is 0 Å². The number of carboxylic acid groups (broad SMARTS) is 1. The van der Waals surface area contributed by atoms with Gasteiger partial charge in [0, 0.05) is 37.1 Å². The van der Waals surface area contributed by atoms with Gasteiger partial charge in [0.15, 0.2) is 6.29 Å². The Hall–Kier alpha value is -4.88. The number of aliphatic hydroxyl groups excluding tert-OH is 1. The van der Waals surface area contributed by atoms with Gasteiger partial charge in [-0.2, -0.15) is 4.68 Å². The van der Waals surface area contributed by atoms with Crippen LogP contribution in [-0.4, -0.2) is 54.2 Å². The van der Waals surface area contributed by atoms with E-state index in [0.29, 0.717) is 36.7 Å². The van der Waals surface area contributed by atoms with Crippen molar-refractivity contribution in [2.45, 2.75) is 81.8 Å². The quantitative estimate of drug-likeness (QED) is 0.0665. The molecule has 52 heavy (non-hydrogen) atoms. The summed E-state index contributed by atoms with van der Waals surface area (Å²) in [6.45, 7) is 0.390. The van der Waals surface area contributed by atoms with Crippen molar-refractivity contribution in [3.05, 3.63) is 125 Å². The lowest BCUT2D eigenvalue weighted by molar-refractivity contribution is -0.245. The van der Waals surface area contributed by atoms with E-state index in [1.54, 1.807) is 4.68 Å². The van der Waals surface area contributed by atoms with Crippen LogP contribution in [0, 0.1) is 0 Å². The van der Waals surface area contributed by atoms with Crippen molar-refractivity contribution in [2.75, 3.05) is 5.75 Å². The van der Waals surface area contributed by atoms with Crippen molar-refractivity contribution < 1.29 is 29.3 Å². The molecule has 3 N–H and O–H groups in total. The minimum Gasteiger partial charge on any atom is -0.481 e. The lowest BCUT2D eigenvalue weighted by Crippen LogP contribution is -2.31. The standard InChI is InChI=1S/C40H43N5O6S/c46-26-28-16-18-30(19-17-28)36-24-34(27-52-40-42-43-44-45(40)33-11-4-3-5-12-33)50-39(51-36)31-22-20-29(21-23-31)35-13-9-8-10-32(35)25-41-37(47)14-6-1-2-7-15-38(48)49/h3-5,8-13,16-23,34,36,39,46H,1-2,6-7,14-15,24-27H2,(H,41,47)(H,48,49)/t34-,36+,39+/m1/s1. The SMILES string of the molecule is O=C(O)CCCCCCC(=O)NCc1ccccc1-c1ccc([C@H]2O[C@@H](CSc3nnnn3-c3ccccc3)C[C@@H](c3ccc(CO)cc3)O2)cc1. The van der Waals surface area contributed by atoms with Crippen LogP contribution in [0.3, 0.4) is 0 Å². The molecule has 0 spiro atoms. The van der Waals surface area contributed by atoms with E-state index < -0.39 is 12.3 Å². The molecule has 0 radical (unpaired) electrons. The molecule has 0 unspecified atom stereocenters. The Morgan fingerprint density at radius 3 is 2.29 bits per heavy atom. The number of aliphatic hydroxyl groups is 1. The highest BCUT2D eigenvalue weighted by Gasteiger charge is 2.33. The Kier molecular flexibility index (Phi) is 13.2. The van der Waals surface area contributed by atoms with Crippen molar-refractivity contribution in [1.29, 1.82) is 0 Å². The molecular formula is C40H43N5O6S. The monoisotopic (exact) mass is 721 g/mol. The van der Waals surface area contributed by atoms with Gasteiger partial charge in [-0.15, -0.1) is 5.10 Å². The summed E-state index contributed by atoms with van der Waals surface area (Å²) in [4.78, 5) is 23.2. The van der Waals surface area contributed by atoms with Gasteiger partial charge in [0.2, 0.25) is 11.1 Å². The van der Waals surface area contributed by atoms with Crippen molar-refractivity contribution in [1.82, 2.24) is 25.5 Å². The van der Waals surface area contributed by atoms with E-state index in [1.807, 2.05) is 84.9 Å². The zero-order valence-corrected chi connectivity index (χ0v) is 29.7. The van der Waals surface area contributed by atoms with Crippen LogP contribution in [0.5, 0.6) is 0 Å². The molecule has 6 rings (SSSR count). The highest BCUT2D eigenvalue weighted by atomic mass is 32.2. The number of unbranched alkanes of at least 4 members (excludes halogenated alkanes) is 3. The first-order chi connectivity index (χ1) is 25.5. The third kappa shape index (κ3) is 10.1. The summed E-state index contributed by atoms with van der Waals surface area (Å²) in [7, 11) is 0. The number of carbonyl (C=O) groups is 2. The summed E-state index contributed by atoms with van der Waals surface area (Å²) in [5.74, 6) is -0.184. The van der Waals surface area contributed by atoms with Gasteiger partial charge in [-0.1, -0.05) is 116 Å². The topological polar surface area (TPSA) is 149 Å². The van der Waals surface area contributed by atoms with Gasteiger partial charge in [-0.05, 0) is 63.2 Å². The van der Waals surface area contributed by atoms with E-state index >= 15 is 0 Å². The lowest BCUT2D eigenvalue weighted by Gasteiger charge is -2.36. The van der Waals surface area contributed by atoms with Crippen LogP contribution in [0.15, 0.2) is 108 Å². The number of carboxylic acids is 1. The first kappa shape index (κ1) is 36.9. The average molecular weight is 722 g/mol. The van der Waals surface area contributed by atoms with E-state index in [9.17, 15) is 14.7 Å². The van der Waals surface area contributed by atoms with Gasteiger partial charge in [0.05, 0.1) is 24.5 Å². The van der Waals surface area contributed by atoms with Gasteiger partial charge in [-0.3, -0.25) is 9.59 Å². The molecule has 11 nitrogen and oxygen atoms in total. The number of benzene rings is 4. The fourth-order valence-corrected chi connectivity index (χ4v) is 7.07. The van der Waals surface area contributed by atoms with E-state index in [1.165, 1.54) is 11.8 Å². The number of tetrazole rings is 1. The maximum atomic E-state index is 12.6. The molecule has 2 heterocycles. The highest BCUT2D eigenvalue weighted by molar-refractivity contribution is 7.99. The second kappa shape index (κ2) is 18.6. The van der Waals surface area contributed by atoms with Gasteiger partial charge < -0.3 is 25.0 Å². The number of nitrogens with one attached hydrogen (secondary N) is 1. The minimum absolute atomic E-state index is 0.0141. The molecule has 1 aliphatic heterocycles. The summed E-state index contributed by atoms with van der Waals surface area (Å²) in [6, 6.07) is 33.8. The van der Waals surface area contributed by atoms with E-state index in [2.05, 4.69) is 39.0 Å². The Labute approximate surface area is 307 Å². The zero-order chi connectivity index (χ0) is 36.1. The largest absolute Gasteiger partial charge is 0.481 e. The summed E-state index contributed by atoms with van der Waals surface area (Å²) < 4.78 is 14.9. The van der Waals surface area contributed by atoms with Crippen LogP contribution in [0.1, 0.15) is 79.6 Å². The Morgan fingerprint density at radius 1 is 0.827 bits per heavy atom. The third-order valence-electron chi connectivity index (χ3n) is 8.99. The zero-order valence-electron chi connectivity index (χ0n) is 28.8. The van der Waals surface area contributed by atoms with Crippen molar-refractivity contribution >= 4 is 23.6 Å². The van der Waals surface area contributed by atoms with Crippen LogP contribution in [-0.2, 0) is 32.2 Å². The highest BCUT2D eigenvalue weighted by Crippen LogP contribution is 2.40. The second-order valence-electron chi connectivity index (χ2n) is 12.7. The number of aromatic nitrogens is 4. The molecule has 5 aromatic rings. The fourth-order valence-electron chi connectivity index (χ4n) is 6.16. The maximum absolute atomic E-state index is 12.6. The predicted octanol–water partition coefficient (Wildman–Crippen LogP) is 7.20. The number of amides is 1. The predicted molar refractivity (Wildman–Crippen MR) is 197 cm³/mol. The number of rotatable bonds is 17. The number of hydrogen-bond donors (Lipinski definition) is 3. The molecule has 1 aliphatic rings. The maximum Gasteiger partial charge on any atom is 0.303 e. The summed E-state index contributed by atoms with van der Waals surface area (Å²) in [5, 5.41) is 34.4. The fraction of sp³-hybridized carbons (Fsp3) is 0.325. The molecule has 1 aromatic heterocycles. The molecule has 0 saturated carbocycles. The summed E-state index contributed by atoms with van der Waals surface area (Å²) in [5.41, 5.74) is 6.68. The Morgan fingerprint density at radius 2 is 1.54 bits per heavy atom. The number of thioether (sulfide) groups is 1. The van der Waals surface area contributed by atoms with E-state index in [0.717, 1.165) is 58.3 Å². The second-order valence-corrected chi connectivity index (χ2v) is 13.7. The molecule has 12 heteroatoms. The number of hydrogen-bond acceptors (Lipinski definition) is 9. The average Bonchev–Trinajstić information content (AvgIpc) is 3.67. The van der Waals surface area contributed by atoms with Gasteiger partial charge in [0.25, 0.3) is 0 Å². The molecule has 0 bridgehead atoms. The number of para-hydroxylation sites is 1. The molecule has 1 fully saturated rings. The Bertz CT molecular complexity index is 1890. The lowest BCUT2D eigenvalue weighted by atomic mass is 9.97. The molecule has 1 saturated heterocycles. The molecule has 270 valence electrons. The molecule has 1 amide bonds. The van der Waals surface area contributed by atoms with Crippen LogP contribution >= 0.6 is 11.8 Å². The van der Waals surface area contributed by atoms with Crippen molar-refractivity contribution in [2.24, 2.45) is 0 Å². The smallest absolute Gasteiger partial charge is 0.303 e. The summed E-state index contributed by atoms with van der Waals surface area (Å²) >= 11 is 1.54. The number of aliphatic carboxylic acids is 1. The number of carbonyl (C=O) groups excluding carboxylic acids is 1. The molecular weight excluding hydrogens is 679 g/mol. The number of ether oxygens (including phenoxy) is 2. The minimum atomic E-state index is -0.781. The molecule has 0 aliphatic carbocycles. The van der Waals surface area contributed by atoms with Crippen LogP contribution in [0.2, 0.25) is 0 Å². The first-order valence-corrected chi connectivity index (χ1v) is 18.6.